The van der Waals surface area contributed by atoms with Crippen molar-refractivity contribution in [2.45, 2.75) is 12.3 Å². The van der Waals surface area contributed by atoms with Crippen molar-refractivity contribution >= 4 is 6.21 Å². The Kier molecular flexibility index (Phi) is 2.59. The Bertz CT molecular complexity index is 474. The molecule has 1 unspecified atom stereocenters. The summed E-state index contributed by atoms with van der Waals surface area (Å²) in [6, 6.07) is 8.24. The van der Waals surface area contributed by atoms with Gasteiger partial charge in [-0.3, -0.25) is 4.99 Å². The molecular weight excluding hydrogens is 214 g/mol. The lowest BCUT2D eigenvalue weighted by Crippen LogP contribution is -2.11. The van der Waals surface area contributed by atoms with E-state index in [1.54, 1.807) is 7.11 Å². The van der Waals surface area contributed by atoms with E-state index in [9.17, 15) is 0 Å². The summed E-state index contributed by atoms with van der Waals surface area (Å²) in [5, 5.41) is 0. The lowest BCUT2D eigenvalue weighted by molar-refractivity contribution is 0.265. The van der Waals surface area contributed by atoms with Crippen molar-refractivity contribution in [1.29, 1.82) is 0 Å². The topological polar surface area (TPSA) is 30.8 Å². The van der Waals surface area contributed by atoms with Crippen LogP contribution in [0.2, 0.25) is 0 Å². The van der Waals surface area contributed by atoms with Gasteiger partial charge in [0.05, 0.1) is 19.9 Å². The molecule has 0 N–H and O–H groups in total. The van der Waals surface area contributed by atoms with Gasteiger partial charge in [0.2, 0.25) is 0 Å². The van der Waals surface area contributed by atoms with Gasteiger partial charge in [-0.15, -0.1) is 0 Å². The van der Waals surface area contributed by atoms with Gasteiger partial charge < -0.3 is 9.47 Å². The Balaban J connectivity index is 1.91. The molecule has 3 rings (SSSR count). The van der Waals surface area contributed by atoms with Gasteiger partial charge in [-0.2, -0.15) is 0 Å². The van der Waals surface area contributed by atoms with Gasteiger partial charge >= 0.3 is 0 Å². The summed E-state index contributed by atoms with van der Waals surface area (Å²) < 4.78 is 10.7. The summed E-state index contributed by atoms with van der Waals surface area (Å²) in [7, 11) is 1.69. The predicted molar refractivity (Wildman–Crippen MR) is 66.7 cm³/mol. The Morgan fingerprint density at radius 2 is 2.12 bits per heavy atom. The normalized spacial score (nSPS) is 22.3. The molecule has 17 heavy (non-hydrogen) atoms. The molecule has 1 atom stereocenters. The fourth-order valence-electron chi connectivity index (χ4n) is 2.45. The van der Waals surface area contributed by atoms with E-state index in [0.29, 0.717) is 5.92 Å². The van der Waals surface area contributed by atoms with Crippen LogP contribution in [-0.2, 0) is 4.74 Å². The van der Waals surface area contributed by atoms with E-state index in [4.69, 9.17) is 9.47 Å². The fraction of sp³-hybridized carbons (Fsp3) is 0.357. The number of benzene rings is 1. The maximum absolute atomic E-state index is 5.56. The molecule has 1 aromatic rings. The van der Waals surface area contributed by atoms with Gasteiger partial charge in [0.15, 0.2) is 0 Å². The minimum atomic E-state index is 0.378. The zero-order valence-electron chi connectivity index (χ0n) is 9.85. The molecule has 0 fully saturated rings. The molecule has 0 saturated heterocycles. The van der Waals surface area contributed by atoms with Gasteiger partial charge in [-0.25, -0.2) is 0 Å². The number of hydrogen-bond acceptors (Lipinski definition) is 3. The molecular formula is C14H15NO2. The van der Waals surface area contributed by atoms with E-state index in [1.807, 2.05) is 18.3 Å². The third kappa shape index (κ3) is 1.82. The SMILES string of the molecule is COc1ccc(C2CN=CC3=C2CCO3)cc1. The zero-order valence-corrected chi connectivity index (χ0v) is 9.85. The van der Waals surface area contributed by atoms with Gasteiger partial charge in [-0.1, -0.05) is 12.1 Å². The van der Waals surface area contributed by atoms with Crippen LogP contribution >= 0.6 is 0 Å². The number of allylic oxidation sites excluding steroid dienone is 1. The van der Waals surface area contributed by atoms with Crippen LogP contribution in [0.3, 0.4) is 0 Å². The summed E-state index contributed by atoms with van der Waals surface area (Å²) in [5.41, 5.74) is 2.69. The lowest BCUT2D eigenvalue weighted by Gasteiger charge is -2.19. The molecule has 0 aliphatic carbocycles. The highest BCUT2D eigenvalue weighted by Crippen LogP contribution is 2.35. The van der Waals surface area contributed by atoms with Gasteiger partial charge in [0.25, 0.3) is 0 Å². The molecule has 3 heteroatoms. The average molecular weight is 229 g/mol. The Morgan fingerprint density at radius 3 is 2.88 bits per heavy atom. The molecule has 2 aliphatic heterocycles. The number of ether oxygens (including phenoxy) is 2. The van der Waals surface area contributed by atoms with Crippen molar-refractivity contribution in [2.24, 2.45) is 4.99 Å². The van der Waals surface area contributed by atoms with Crippen molar-refractivity contribution < 1.29 is 9.47 Å². The van der Waals surface area contributed by atoms with Gasteiger partial charge in [0, 0.05) is 18.9 Å². The Labute approximate surface area is 101 Å². The molecule has 2 heterocycles. The van der Waals surface area contributed by atoms with Crippen LogP contribution in [0.5, 0.6) is 5.75 Å². The maximum atomic E-state index is 5.56. The first-order chi connectivity index (χ1) is 8.38. The molecule has 0 bridgehead atoms. The first kappa shape index (κ1) is 10.4. The molecule has 0 radical (unpaired) electrons. The first-order valence-corrected chi connectivity index (χ1v) is 5.88. The van der Waals surface area contributed by atoms with E-state index >= 15 is 0 Å². The van der Waals surface area contributed by atoms with Crippen LogP contribution in [0.25, 0.3) is 0 Å². The third-order valence-corrected chi connectivity index (χ3v) is 3.38. The lowest BCUT2D eigenvalue weighted by atomic mass is 9.88. The molecule has 0 aromatic heterocycles. The zero-order chi connectivity index (χ0) is 11.7. The number of aliphatic imine (C=N–C) groups is 1. The molecule has 2 aliphatic rings. The van der Waals surface area contributed by atoms with Crippen LogP contribution in [0.4, 0.5) is 0 Å². The largest absolute Gasteiger partial charge is 0.497 e. The van der Waals surface area contributed by atoms with Crippen molar-refractivity contribution in [2.75, 3.05) is 20.3 Å². The molecule has 1 aromatic carbocycles. The number of hydrogen-bond donors (Lipinski definition) is 0. The highest BCUT2D eigenvalue weighted by Gasteiger charge is 2.27. The highest BCUT2D eigenvalue weighted by molar-refractivity contribution is 5.79. The molecule has 88 valence electrons. The van der Waals surface area contributed by atoms with E-state index in [0.717, 1.165) is 31.1 Å². The molecule has 0 amide bonds. The number of rotatable bonds is 2. The first-order valence-electron chi connectivity index (χ1n) is 5.88. The van der Waals surface area contributed by atoms with E-state index < -0.39 is 0 Å². The van der Waals surface area contributed by atoms with Crippen LogP contribution < -0.4 is 4.74 Å². The van der Waals surface area contributed by atoms with Crippen LogP contribution in [0, 0.1) is 0 Å². The van der Waals surface area contributed by atoms with Crippen molar-refractivity contribution in [3.8, 4) is 5.75 Å². The van der Waals surface area contributed by atoms with Crippen LogP contribution in [0.1, 0.15) is 17.9 Å². The minimum Gasteiger partial charge on any atom is -0.497 e. The number of methoxy groups -OCH3 is 1. The minimum absolute atomic E-state index is 0.378. The van der Waals surface area contributed by atoms with Crippen molar-refractivity contribution in [3.63, 3.8) is 0 Å². The Hall–Kier alpha value is -1.77. The summed E-state index contributed by atoms with van der Waals surface area (Å²) in [5.74, 6) is 2.26. The van der Waals surface area contributed by atoms with Crippen molar-refractivity contribution in [3.05, 3.63) is 41.2 Å². The monoisotopic (exact) mass is 229 g/mol. The van der Waals surface area contributed by atoms with E-state index in [2.05, 4.69) is 17.1 Å². The van der Waals surface area contributed by atoms with Crippen LogP contribution in [0.15, 0.2) is 40.6 Å². The second-order valence-electron chi connectivity index (χ2n) is 4.31. The number of dihydropyridines is 1. The quantitative estimate of drug-likeness (QED) is 0.780. The third-order valence-electron chi connectivity index (χ3n) is 3.38. The summed E-state index contributed by atoms with van der Waals surface area (Å²) in [6.07, 6.45) is 2.89. The van der Waals surface area contributed by atoms with E-state index in [1.165, 1.54) is 11.1 Å². The maximum Gasteiger partial charge on any atom is 0.137 e. The summed E-state index contributed by atoms with van der Waals surface area (Å²) in [4.78, 5) is 4.38. The Morgan fingerprint density at radius 1 is 1.29 bits per heavy atom. The van der Waals surface area contributed by atoms with E-state index in [-0.39, 0.29) is 0 Å². The predicted octanol–water partition coefficient (Wildman–Crippen LogP) is 2.54. The smallest absolute Gasteiger partial charge is 0.137 e. The van der Waals surface area contributed by atoms with Gasteiger partial charge in [0.1, 0.15) is 11.5 Å². The van der Waals surface area contributed by atoms with Gasteiger partial charge in [-0.05, 0) is 23.3 Å². The summed E-state index contributed by atoms with van der Waals surface area (Å²) >= 11 is 0. The molecule has 3 nitrogen and oxygen atoms in total. The standard InChI is InChI=1S/C14H15NO2/c1-16-11-4-2-10(3-5-11)13-8-15-9-14-12(13)6-7-17-14/h2-5,9,13H,6-8H2,1H3. The van der Waals surface area contributed by atoms with Crippen molar-refractivity contribution in [1.82, 2.24) is 0 Å². The fourth-order valence-corrected chi connectivity index (χ4v) is 2.45. The molecule has 0 spiro atoms. The summed E-state index contributed by atoms with van der Waals surface area (Å²) in [6.45, 7) is 1.62. The highest BCUT2D eigenvalue weighted by atomic mass is 16.5. The van der Waals surface area contributed by atoms with Crippen LogP contribution in [-0.4, -0.2) is 26.5 Å². The second kappa shape index (κ2) is 4.24. The molecule has 0 saturated carbocycles. The average Bonchev–Trinajstić information content (AvgIpc) is 2.87. The number of nitrogens with zero attached hydrogens (tertiary/aromatic N) is 1. The second-order valence-corrected chi connectivity index (χ2v) is 4.31.